The number of rotatable bonds is 12. The van der Waals surface area contributed by atoms with Gasteiger partial charge in [0.15, 0.2) is 0 Å². The molecule has 1 saturated carbocycles. The Morgan fingerprint density at radius 3 is 2.21 bits per heavy atom. The van der Waals surface area contributed by atoms with Crippen LogP contribution in [0.15, 0.2) is 53.7 Å². The number of nitrogens with one attached hydrogen (secondary N) is 2. The summed E-state index contributed by atoms with van der Waals surface area (Å²) in [5, 5.41) is 3.20. The third kappa shape index (κ3) is 7.11. The summed E-state index contributed by atoms with van der Waals surface area (Å²) in [4.78, 5) is 21.8. The molecule has 2 N–H and O–H groups in total. The minimum atomic E-state index is -4.27. The van der Waals surface area contributed by atoms with Crippen LogP contribution in [0.5, 0.6) is 5.75 Å². The lowest BCUT2D eigenvalue weighted by molar-refractivity contribution is -0.151. The first kappa shape index (κ1) is 30.0. The van der Waals surface area contributed by atoms with Gasteiger partial charge in [-0.2, -0.15) is 0 Å². The number of aromatic nitrogens is 1. The summed E-state index contributed by atoms with van der Waals surface area (Å²) in [5.74, 6) is -0.745. The summed E-state index contributed by atoms with van der Waals surface area (Å²) in [6, 6.07) is 9.70. The highest BCUT2D eigenvalue weighted by molar-refractivity contribution is 7.93. The third-order valence-electron chi connectivity index (χ3n) is 6.69. The molecule has 1 atom stereocenters. The zero-order valence-electron chi connectivity index (χ0n) is 23.0. The van der Waals surface area contributed by atoms with Crippen molar-refractivity contribution in [1.82, 2.24) is 15.8 Å². The normalized spacial score (nSPS) is 19.9. The van der Waals surface area contributed by atoms with Gasteiger partial charge in [-0.15, -0.1) is 0 Å². The number of methoxy groups -OCH3 is 1. The van der Waals surface area contributed by atoms with E-state index < -0.39 is 32.1 Å². The molecule has 0 radical (unpaired) electrons. The lowest BCUT2D eigenvalue weighted by atomic mass is 9.81. The van der Waals surface area contributed by atoms with Crippen LogP contribution in [-0.2, 0) is 30.8 Å². The van der Waals surface area contributed by atoms with Crippen molar-refractivity contribution in [3.63, 3.8) is 0 Å². The molecule has 9 nitrogen and oxygen atoms in total. The smallest absolute Gasteiger partial charge is 0.280 e. The third-order valence-corrected chi connectivity index (χ3v) is 9.10. The average molecular weight is 548 g/mol. The van der Waals surface area contributed by atoms with Crippen molar-refractivity contribution < 1.29 is 27.5 Å². The molecule has 38 heavy (non-hydrogen) atoms. The van der Waals surface area contributed by atoms with Crippen LogP contribution in [0, 0.1) is 5.92 Å². The van der Waals surface area contributed by atoms with Crippen LogP contribution in [0.4, 0.5) is 0 Å². The van der Waals surface area contributed by atoms with Gasteiger partial charge in [0.2, 0.25) is 14.7 Å². The SMILES string of the molecule is CCCO[C@H]1CC[C@H]([C@](NCc2ccncc2)(C(=O)NOC(C)(C)C)S(=O)(=O)c2ccc(OC)cc2)CC1. The van der Waals surface area contributed by atoms with Gasteiger partial charge in [0, 0.05) is 31.5 Å². The summed E-state index contributed by atoms with van der Waals surface area (Å²) in [6.07, 6.45) is 6.54. The van der Waals surface area contributed by atoms with E-state index in [0.717, 1.165) is 12.0 Å². The van der Waals surface area contributed by atoms with Crippen LogP contribution in [0.3, 0.4) is 0 Å². The quantitative estimate of drug-likeness (QED) is 0.380. The molecule has 1 fully saturated rings. The fraction of sp³-hybridized carbons (Fsp3) is 0.571. The van der Waals surface area contributed by atoms with Gasteiger partial charge in [-0.1, -0.05) is 6.92 Å². The molecule has 0 saturated heterocycles. The molecule has 1 aromatic carbocycles. The lowest BCUT2D eigenvalue weighted by Gasteiger charge is -2.42. The fourth-order valence-corrected chi connectivity index (χ4v) is 6.81. The molecular weight excluding hydrogens is 506 g/mol. The minimum absolute atomic E-state index is 0.0239. The Morgan fingerprint density at radius 2 is 1.66 bits per heavy atom. The van der Waals surface area contributed by atoms with Crippen molar-refractivity contribution in [1.29, 1.82) is 0 Å². The highest BCUT2D eigenvalue weighted by Crippen LogP contribution is 2.41. The van der Waals surface area contributed by atoms with E-state index in [1.165, 1.54) is 19.2 Å². The van der Waals surface area contributed by atoms with Crippen molar-refractivity contribution in [3.8, 4) is 5.75 Å². The standard InChI is InChI=1S/C28H41N3O6S/c1-6-19-36-24-9-7-22(8-10-24)28(26(32)31-37-27(2,3)4,30-20-21-15-17-29-18-16-21)38(33,34)25-13-11-23(35-5)12-14-25/h11-18,22,24,30H,6-10,19-20H2,1-5H3,(H,31,32)/t22-,24-,28-/m1/s1. The van der Waals surface area contributed by atoms with Gasteiger partial charge >= 0.3 is 0 Å². The zero-order chi connectivity index (χ0) is 27.8. The molecular formula is C28H41N3O6S. The first-order valence-corrected chi connectivity index (χ1v) is 14.6. The Kier molecular flexibility index (Phi) is 10.3. The fourth-order valence-electron chi connectivity index (χ4n) is 4.72. The molecule has 0 bridgehead atoms. The molecule has 10 heteroatoms. The van der Waals surface area contributed by atoms with Crippen LogP contribution >= 0.6 is 0 Å². The minimum Gasteiger partial charge on any atom is -0.497 e. The van der Waals surface area contributed by atoms with Crippen molar-refractivity contribution in [2.24, 2.45) is 5.92 Å². The number of benzene rings is 1. The van der Waals surface area contributed by atoms with Crippen LogP contribution < -0.4 is 15.5 Å². The van der Waals surface area contributed by atoms with Gasteiger partial charge in [0.05, 0.1) is 23.7 Å². The van der Waals surface area contributed by atoms with E-state index in [4.69, 9.17) is 14.3 Å². The zero-order valence-corrected chi connectivity index (χ0v) is 23.8. The Hall–Kier alpha value is -2.53. The number of hydrogen-bond acceptors (Lipinski definition) is 8. The monoisotopic (exact) mass is 547 g/mol. The highest BCUT2D eigenvalue weighted by Gasteiger charge is 2.57. The summed E-state index contributed by atoms with van der Waals surface area (Å²) in [6.45, 7) is 8.22. The molecule has 0 spiro atoms. The number of ether oxygens (including phenoxy) is 2. The maximum atomic E-state index is 14.5. The molecule has 1 aliphatic carbocycles. The highest BCUT2D eigenvalue weighted by atomic mass is 32.2. The van der Waals surface area contributed by atoms with E-state index in [2.05, 4.69) is 22.7 Å². The first-order valence-electron chi connectivity index (χ1n) is 13.2. The first-order chi connectivity index (χ1) is 18.0. The maximum absolute atomic E-state index is 14.5. The molecule has 0 aliphatic heterocycles. The molecule has 3 rings (SSSR count). The molecule has 2 aromatic rings. The van der Waals surface area contributed by atoms with E-state index in [0.29, 0.717) is 38.0 Å². The summed E-state index contributed by atoms with van der Waals surface area (Å²) in [5.41, 5.74) is 2.58. The summed E-state index contributed by atoms with van der Waals surface area (Å²) < 4.78 is 40.2. The number of carbonyl (C=O) groups is 1. The molecule has 0 unspecified atom stereocenters. The largest absolute Gasteiger partial charge is 0.497 e. The van der Waals surface area contributed by atoms with E-state index in [9.17, 15) is 13.2 Å². The molecule has 1 heterocycles. The average Bonchev–Trinajstić information content (AvgIpc) is 2.91. The van der Waals surface area contributed by atoms with E-state index in [1.54, 1.807) is 57.4 Å². The van der Waals surface area contributed by atoms with Gasteiger partial charge < -0.3 is 9.47 Å². The molecule has 1 aliphatic rings. The number of hydroxylamine groups is 1. The maximum Gasteiger partial charge on any atom is 0.280 e. The van der Waals surface area contributed by atoms with Crippen molar-refractivity contribution in [2.45, 2.75) is 87.8 Å². The van der Waals surface area contributed by atoms with Crippen molar-refractivity contribution >= 4 is 15.7 Å². The van der Waals surface area contributed by atoms with E-state index >= 15 is 0 Å². The van der Waals surface area contributed by atoms with Gasteiger partial charge in [-0.05, 0) is 94.8 Å². The van der Waals surface area contributed by atoms with Crippen LogP contribution in [-0.4, -0.2) is 49.6 Å². The number of carbonyl (C=O) groups excluding carboxylic acids is 1. The predicted molar refractivity (Wildman–Crippen MR) is 145 cm³/mol. The van der Waals surface area contributed by atoms with Gasteiger partial charge in [-0.25, -0.2) is 13.9 Å². The van der Waals surface area contributed by atoms with Crippen molar-refractivity contribution in [2.75, 3.05) is 13.7 Å². The Labute approximate surface area is 226 Å². The van der Waals surface area contributed by atoms with Gasteiger partial charge in [0.1, 0.15) is 5.75 Å². The second kappa shape index (κ2) is 13.0. The molecule has 210 valence electrons. The number of hydrogen-bond donors (Lipinski definition) is 2. The topological polar surface area (TPSA) is 116 Å². The summed E-state index contributed by atoms with van der Waals surface area (Å²) >= 11 is 0. The number of pyridine rings is 1. The summed E-state index contributed by atoms with van der Waals surface area (Å²) in [7, 11) is -2.76. The number of sulfone groups is 1. The Balaban J connectivity index is 2.08. The second-order valence-electron chi connectivity index (χ2n) is 10.6. The Bertz CT molecular complexity index is 1130. The van der Waals surface area contributed by atoms with Gasteiger partial charge in [0.25, 0.3) is 5.91 Å². The van der Waals surface area contributed by atoms with Crippen molar-refractivity contribution in [3.05, 3.63) is 54.4 Å². The molecule has 1 aromatic heterocycles. The number of amides is 1. The second-order valence-corrected chi connectivity index (χ2v) is 12.7. The lowest BCUT2D eigenvalue weighted by Crippen LogP contribution is -2.66. The van der Waals surface area contributed by atoms with Crippen LogP contribution in [0.25, 0.3) is 0 Å². The van der Waals surface area contributed by atoms with Gasteiger partial charge in [-0.3, -0.25) is 19.9 Å². The Morgan fingerprint density at radius 1 is 1.03 bits per heavy atom. The van der Waals surface area contributed by atoms with E-state index in [-0.39, 0.29) is 17.5 Å². The number of nitrogens with zero attached hydrogens (tertiary/aromatic N) is 1. The predicted octanol–water partition coefficient (Wildman–Crippen LogP) is 4.18. The van der Waals surface area contributed by atoms with Crippen LogP contribution in [0.1, 0.15) is 65.4 Å². The molecule has 1 amide bonds. The van der Waals surface area contributed by atoms with E-state index in [1.807, 2.05) is 0 Å². The van der Waals surface area contributed by atoms with Crippen LogP contribution in [0.2, 0.25) is 0 Å².